The Morgan fingerprint density at radius 1 is 1.29 bits per heavy atom. The van der Waals surface area contributed by atoms with Gasteiger partial charge in [0.2, 0.25) is 0 Å². The molecule has 0 aromatic heterocycles. The van der Waals surface area contributed by atoms with Gasteiger partial charge < -0.3 is 10.1 Å². The molecule has 128 valence electrons. The summed E-state index contributed by atoms with van der Waals surface area (Å²) in [5.41, 5.74) is -0.777. The van der Waals surface area contributed by atoms with Crippen molar-refractivity contribution in [2.45, 2.75) is 50.7 Å². The predicted octanol–water partition coefficient (Wildman–Crippen LogP) is 3.88. The number of halogens is 2. The van der Waals surface area contributed by atoms with Crippen molar-refractivity contribution in [1.29, 1.82) is 5.26 Å². The summed E-state index contributed by atoms with van der Waals surface area (Å²) in [7, 11) is 0. The van der Waals surface area contributed by atoms with Gasteiger partial charge in [0, 0.05) is 0 Å². The average molecular weight is 369 g/mol. The highest BCUT2D eigenvalue weighted by atomic mass is 35.5. The zero-order valence-corrected chi connectivity index (χ0v) is 14.8. The SMILES string of the molecule is CC(OC(=O)c1cccc(Cl)c1Cl)C(=O)NC1(C#N)CCCCC1. The fraction of sp³-hybridized carbons (Fsp3) is 0.471. The molecule has 1 saturated carbocycles. The quantitative estimate of drug-likeness (QED) is 0.817. The standard InChI is InChI=1S/C17H18Cl2N2O3/c1-11(15(22)21-17(10-20)8-3-2-4-9-17)24-16(23)12-6-5-7-13(18)14(12)19/h5-7,11H,2-4,8-9H2,1H3,(H,21,22). The van der Waals surface area contributed by atoms with E-state index in [1.54, 1.807) is 12.1 Å². The van der Waals surface area contributed by atoms with E-state index in [1.165, 1.54) is 13.0 Å². The van der Waals surface area contributed by atoms with Gasteiger partial charge in [0.1, 0.15) is 5.54 Å². The summed E-state index contributed by atoms with van der Waals surface area (Å²) >= 11 is 11.8. The number of rotatable bonds is 4. The minimum atomic E-state index is -1.04. The Morgan fingerprint density at radius 3 is 2.58 bits per heavy atom. The summed E-state index contributed by atoms with van der Waals surface area (Å²) in [4.78, 5) is 24.5. The Labute approximate surface area is 150 Å². The molecule has 1 aliphatic carbocycles. The molecule has 1 atom stereocenters. The van der Waals surface area contributed by atoms with Crippen LogP contribution < -0.4 is 5.32 Å². The normalized spacial score (nSPS) is 17.4. The largest absolute Gasteiger partial charge is 0.449 e. The van der Waals surface area contributed by atoms with E-state index in [0.717, 1.165) is 19.3 Å². The molecule has 1 N–H and O–H groups in total. The number of carbonyl (C=O) groups excluding carboxylic acids is 2. The molecule has 0 saturated heterocycles. The van der Waals surface area contributed by atoms with E-state index in [1.807, 2.05) is 0 Å². The lowest BCUT2D eigenvalue weighted by molar-refractivity contribution is -0.130. The molecule has 7 heteroatoms. The van der Waals surface area contributed by atoms with E-state index < -0.39 is 23.5 Å². The van der Waals surface area contributed by atoms with E-state index in [2.05, 4.69) is 11.4 Å². The number of nitrogens with zero attached hydrogens (tertiary/aromatic N) is 1. The smallest absolute Gasteiger partial charge is 0.340 e. The van der Waals surface area contributed by atoms with Crippen LogP contribution >= 0.6 is 23.2 Å². The molecule has 1 unspecified atom stereocenters. The number of nitriles is 1. The van der Waals surface area contributed by atoms with Crippen LogP contribution in [-0.4, -0.2) is 23.5 Å². The molecular weight excluding hydrogens is 351 g/mol. The van der Waals surface area contributed by atoms with Crippen LogP contribution in [0.2, 0.25) is 10.0 Å². The van der Waals surface area contributed by atoms with Gasteiger partial charge in [0.05, 0.1) is 21.7 Å². The number of ether oxygens (including phenoxy) is 1. The van der Waals surface area contributed by atoms with Crippen molar-refractivity contribution in [3.63, 3.8) is 0 Å². The van der Waals surface area contributed by atoms with Gasteiger partial charge in [-0.05, 0) is 31.9 Å². The summed E-state index contributed by atoms with van der Waals surface area (Å²) in [6.07, 6.45) is 3.00. The van der Waals surface area contributed by atoms with Crippen LogP contribution in [0.5, 0.6) is 0 Å². The number of hydrogen-bond donors (Lipinski definition) is 1. The predicted molar refractivity (Wildman–Crippen MR) is 90.9 cm³/mol. The average Bonchev–Trinajstić information content (AvgIpc) is 2.58. The van der Waals surface area contributed by atoms with Gasteiger partial charge in [0.25, 0.3) is 5.91 Å². The topological polar surface area (TPSA) is 79.2 Å². The van der Waals surface area contributed by atoms with Crippen molar-refractivity contribution in [3.05, 3.63) is 33.8 Å². The van der Waals surface area contributed by atoms with E-state index in [9.17, 15) is 14.9 Å². The van der Waals surface area contributed by atoms with Crippen molar-refractivity contribution in [2.24, 2.45) is 0 Å². The van der Waals surface area contributed by atoms with Crippen LogP contribution in [0.25, 0.3) is 0 Å². The zero-order chi connectivity index (χ0) is 17.7. The second kappa shape index (κ2) is 7.87. The third-order valence-corrected chi connectivity index (χ3v) is 4.93. The minimum Gasteiger partial charge on any atom is -0.449 e. The van der Waals surface area contributed by atoms with E-state index in [-0.39, 0.29) is 15.6 Å². The summed E-state index contributed by atoms with van der Waals surface area (Å²) in [5.74, 6) is -1.23. The molecule has 2 rings (SSSR count). The number of amides is 1. The zero-order valence-electron chi connectivity index (χ0n) is 13.3. The first-order valence-corrected chi connectivity index (χ1v) is 8.52. The highest BCUT2D eigenvalue weighted by Crippen LogP contribution is 2.28. The Balaban J connectivity index is 2.02. The molecule has 0 aliphatic heterocycles. The number of hydrogen-bond acceptors (Lipinski definition) is 4. The van der Waals surface area contributed by atoms with Crippen molar-refractivity contribution in [1.82, 2.24) is 5.32 Å². The number of carbonyl (C=O) groups is 2. The van der Waals surface area contributed by atoms with Crippen LogP contribution in [0.15, 0.2) is 18.2 Å². The van der Waals surface area contributed by atoms with Crippen molar-refractivity contribution < 1.29 is 14.3 Å². The van der Waals surface area contributed by atoms with E-state index in [4.69, 9.17) is 27.9 Å². The molecule has 24 heavy (non-hydrogen) atoms. The summed E-state index contributed by atoms with van der Waals surface area (Å²) in [6.45, 7) is 1.46. The molecule has 0 heterocycles. The molecule has 1 aromatic carbocycles. The number of esters is 1. The minimum absolute atomic E-state index is 0.0811. The van der Waals surface area contributed by atoms with Gasteiger partial charge in [-0.2, -0.15) is 5.26 Å². The lowest BCUT2D eigenvalue weighted by Crippen LogP contribution is -2.52. The lowest BCUT2D eigenvalue weighted by Gasteiger charge is -2.32. The maximum absolute atomic E-state index is 12.3. The number of benzene rings is 1. The number of nitrogens with one attached hydrogen (secondary N) is 1. The second-order valence-corrected chi connectivity index (χ2v) is 6.68. The van der Waals surface area contributed by atoms with Gasteiger partial charge in [-0.3, -0.25) is 4.79 Å². The van der Waals surface area contributed by atoms with Crippen molar-refractivity contribution in [3.8, 4) is 6.07 Å². The highest BCUT2D eigenvalue weighted by Gasteiger charge is 2.35. The maximum atomic E-state index is 12.3. The third kappa shape index (κ3) is 4.19. The molecule has 1 aliphatic rings. The molecule has 1 aromatic rings. The Bertz CT molecular complexity index is 679. The van der Waals surface area contributed by atoms with E-state index >= 15 is 0 Å². The summed E-state index contributed by atoms with van der Waals surface area (Å²) in [6, 6.07) is 6.79. The first kappa shape index (κ1) is 18.6. The van der Waals surface area contributed by atoms with Crippen LogP contribution in [0.1, 0.15) is 49.4 Å². The lowest BCUT2D eigenvalue weighted by atomic mass is 9.83. The van der Waals surface area contributed by atoms with Crippen molar-refractivity contribution >= 4 is 35.1 Å². The van der Waals surface area contributed by atoms with Crippen LogP contribution in [0, 0.1) is 11.3 Å². The van der Waals surface area contributed by atoms with Crippen LogP contribution in [0.4, 0.5) is 0 Å². The Hall–Kier alpha value is -1.77. The molecule has 0 spiro atoms. The fourth-order valence-corrected chi connectivity index (χ4v) is 3.07. The van der Waals surface area contributed by atoms with E-state index in [0.29, 0.717) is 12.8 Å². The van der Waals surface area contributed by atoms with Gasteiger partial charge in [-0.15, -0.1) is 0 Å². The third-order valence-electron chi connectivity index (χ3n) is 4.11. The molecule has 0 bridgehead atoms. The monoisotopic (exact) mass is 368 g/mol. The van der Waals surface area contributed by atoms with Gasteiger partial charge in [-0.1, -0.05) is 48.5 Å². The van der Waals surface area contributed by atoms with Crippen molar-refractivity contribution in [2.75, 3.05) is 0 Å². The van der Waals surface area contributed by atoms with Crippen LogP contribution in [0.3, 0.4) is 0 Å². The summed E-state index contributed by atoms with van der Waals surface area (Å²) in [5, 5.41) is 12.4. The van der Waals surface area contributed by atoms with Gasteiger partial charge in [0.15, 0.2) is 6.10 Å². The first-order valence-electron chi connectivity index (χ1n) is 7.77. The van der Waals surface area contributed by atoms with Gasteiger partial charge >= 0.3 is 5.97 Å². The molecular formula is C17H18Cl2N2O3. The van der Waals surface area contributed by atoms with Gasteiger partial charge in [-0.25, -0.2) is 4.79 Å². The molecule has 1 amide bonds. The first-order chi connectivity index (χ1) is 11.4. The second-order valence-electron chi connectivity index (χ2n) is 5.89. The fourth-order valence-electron chi connectivity index (χ4n) is 2.70. The summed E-state index contributed by atoms with van der Waals surface area (Å²) < 4.78 is 5.16. The Morgan fingerprint density at radius 2 is 1.96 bits per heavy atom. The molecule has 1 fully saturated rings. The molecule has 5 nitrogen and oxygen atoms in total. The molecule has 0 radical (unpaired) electrons. The van der Waals surface area contributed by atoms with Crippen LogP contribution in [-0.2, 0) is 9.53 Å². The highest BCUT2D eigenvalue weighted by molar-refractivity contribution is 6.43. The Kier molecular flexibility index (Phi) is 6.09. The maximum Gasteiger partial charge on any atom is 0.340 e.